The predicted molar refractivity (Wildman–Crippen MR) is 77.0 cm³/mol. The zero-order valence-corrected chi connectivity index (χ0v) is 10.2. The highest BCUT2D eigenvalue weighted by atomic mass is 16.3. The molecular formula is C17H11NO. The van der Waals surface area contributed by atoms with Crippen molar-refractivity contribution in [3.63, 3.8) is 0 Å². The zero-order chi connectivity index (χ0) is 12.7. The Morgan fingerprint density at radius 2 is 1.63 bits per heavy atom. The van der Waals surface area contributed by atoms with Crippen LogP contribution >= 0.6 is 0 Å². The molecule has 4 rings (SSSR count). The van der Waals surface area contributed by atoms with E-state index >= 15 is 0 Å². The van der Waals surface area contributed by atoms with Crippen molar-refractivity contribution in [2.24, 2.45) is 0 Å². The van der Waals surface area contributed by atoms with Crippen molar-refractivity contribution in [2.45, 2.75) is 0 Å². The van der Waals surface area contributed by atoms with Gasteiger partial charge in [-0.15, -0.1) is 0 Å². The monoisotopic (exact) mass is 245 g/mol. The highest BCUT2D eigenvalue weighted by Crippen LogP contribution is 2.33. The van der Waals surface area contributed by atoms with Gasteiger partial charge in [-0.1, -0.05) is 36.4 Å². The Morgan fingerprint density at radius 3 is 2.58 bits per heavy atom. The first-order valence-corrected chi connectivity index (χ1v) is 6.23. The predicted octanol–water partition coefficient (Wildman–Crippen LogP) is 4.65. The number of furan rings is 1. The fourth-order valence-electron chi connectivity index (χ4n) is 2.56. The minimum atomic E-state index is 0.937. The molecule has 0 fully saturated rings. The molecular weight excluding hydrogens is 234 g/mol. The molecule has 0 aliphatic heterocycles. The maximum atomic E-state index is 5.64. The van der Waals surface area contributed by atoms with Crippen LogP contribution in [0.5, 0.6) is 0 Å². The topological polar surface area (TPSA) is 26.0 Å². The van der Waals surface area contributed by atoms with E-state index in [2.05, 4.69) is 41.4 Å². The third-order valence-electron chi connectivity index (χ3n) is 3.45. The van der Waals surface area contributed by atoms with Crippen molar-refractivity contribution in [1.29, 1.82) is 0 Å². The van der Waals surface area contributed by atoms with E-state index in [9.17, 15) is 0 Å². The van der Waals surface area contributed by atoms with Crippen LogP contribution in [0.15, 0.2) is 71.6 Å². The Hall–Kier alpha value is -2.61. The molecule has 0 amide bonds. The Kier molecular flexibility index (Phi) is 2.15. The van der Waals surface area contributed by atoms with E-state index in [-0.39, 0.29) is 0 Å². The number of hydrogen-bond donors (Lipinski definition) is 0. The van der Waals surface area contributed by atoms with Crippen molar-refractivity contribution in [3.8, 4) is 11.1 Å². The van der Waals surface area contributed by atoms with Crippen molar-refractivity contribution < 1.29 is 4.42 Å². The van der Waals surface area contributed by atoms with Crippen LogP contribution in [-0.2, 0) is 0 Å². The van der Waals surface area contributed by atoms with Gasteiger partial charge in [0.2, 0.25) is 0 Å². The largest absolute Gasteiger partial charge is 0.464 e. The first kappa shape index (κ1) is 10.3. The molecule has 2 aromatic heterocycles. The second-order valence-corrected chi connectivity index (χ2v) is 4.55. The molecule has 2 nitrogen and oxygen atoms in total. The maximum absolute atomic E-state index is 5.64. The lowest BCUT2D eigenvalue weighted by atomic mass is 9.98. The molecule has 0 unspecified atom stereocenters. The van der Waals surface area contributed by atoms with Crippen LogP contribution in [0.1, 0.15) is 0 Å². The molecule has 2 aromatic carbocycles. The summed E-state index contributed by atoms with van der Waals surface area (Å²) in [5.41, 5.74) is 3.24. The van der Waals surface area contributed by atoms with Gasteiger partial charge in [0, 0.05) is 28.7 Å². The van der Waals surface area contributed by atoms with Crippen LogP contribution in [0.3, 0.4) is 0 Å². The van der Waals surface area contributed by atoms with Gasteiger partial charge in [-0.05, 0) is 23.1 Å². The number of para-hydroxylation sites is 1. The minimum Gasteiger partial charge on any atom is -0.464 e. The molecule has 2 heterocycles. The van der Waals surface area contributed by atoms with E-state index in [4.69, 9.17) is 4.42 Å². The molecule has 0 bridgehead atoms. The molecule has 0 N–H and O–H groups in total. The lowest BCUT2D eigenvalue weighted by Crippen LogP contribution is -1.83. The summed E-state index contributed by atoms with van der Waals surface area (Å²) < 4.78 is 5.64. The van der Waals surface area contributed by atoms with Crippen LogP contribution in [-0.4, -0.2) is 4.98 Å². The van der Waals surface area contributed by atoms with Crippen LogP contribution in [0.25, 0.3) is 32.9 Å². The van der Waals surface area contributed by atoms with E-state index in [0.717, 1.165) is 21.9 Å². The highest BCUT2D eigenvalue weighted by molar-refractivity contribution is 6.03. The van der Waals surface area contributed by atoms with Crippen LogP contribution in [0.4, 0.5) is 0 Å². The maximum Gasteiger partial charge on any atom is 0.141 e. The van der Waals surface area contributed by atoms with Gasteiger partial charge in [0.15, 0.2) is 0 Å². The smallest absolute Gasteiger partial charge is 0.141 e. The molecule has 4 aromatic rings. The van der Waals surface area contributed by atoms with E-state index in [1.807, 2.05) is 24.5 Å². The summed E-state index contributed by atoms with van der Waals surface area (Å²) in [7, 11) is 0. The summed E-state index contributed by atoms with van der Waals surface area (Å²) in [6, 6.07) is 16.5. The first-order chi connectivity index (χ1) is 9.43. The van der Waals surface area contributed by atoms with Crippen molar-refractivity contribution in [2.75, 3.05) is 0 Å². The number of hydrogen-bond acceptors (Lipinski definition) is 2. The second kappa shape index (κ2) is 3.95. The zero-order valence-electron chi connectivity index (χ0n) is 10.2. The fraction of sp³-hybridized carbons (Fsp3) is 0. The van der Waals surface area contributed by atoms with Gasteiger partial charge in [-0.2, -0.15) is 0 Å². The van der Waals surface area contributed by atoms with Gasteiger partial charge in [0.25, 0.3) is 0 Å². The molecule has 0 radical (unpaired) electrons. The van der Waals surface area contributed by atoms with Crippen molar-refractivity contribution in [1.82, 2.24) is 4.98 Å². The molecule has 2 heteroatoms. The second-order valence-electron chi connectivity index (χ2n) is 4.55. The lowest BCUT2D eigenvalue weighted by Gasteiger charge is -2.07. The molecule has 19 heavy (non-hydrogen) atoms. The van der Waals surface area contributed by atoms with Crippen LogP contribution in [0, 0.1) is 0 Å². The van der Waals surface area contributed by atoms with Crippen LogP contribution < -0.4 is 0 Å². The van der Waals surface area contributed by atoms with E-state index in [1.165, 1.54) is 10.9 Å². The number of fused-ring (bicyclic) bond motifs is 2. The highest BCUT2D eigenvalue weighted by Gasteiger charge is 2.09. The average Bonchev–Trinajstić information content (AvgIpc) is 2.95. The summed E-state index contributed by atoms with van der Waals surface area (Å²) in [5.74, 6) is 0. The molecule has 0 atom stereocenters. The third-order valence-corrected chi connectivity index (χ3v) is 3.45. The number of aromatic nitrogens is 1. The molecule has 0 spiro atoms. The quantitative estimate of drug-likeness (QED) is 0.488. The van der Waals surface area contributed by atoms with Gasteiger partial charge in [0.05, 0.1) is 6.26 Å². The normalized spacial score (nSPS) is 11.2. The lowest BCUT2D eigenvalue weighted by molar-refractivity contribution is 0.617. The summed E-state index contributed by atoms with van der Waals surface area (Å²) in [5, 5.41) is 3.47. The third kappa shape index (κ3) is 1.54. The summed E-state index contributed by atoms with van der Waals surface area (Å²) in [6.07, 6.45) is 5.45. The van der Waals surface area contributed by atoms with Gasteiger partial charge in [-0.3, -0.25) is 4.98 Å². The Morgan fingerprint density at radius 1 is 0.789 bits per heavy atom. The van der Waals surface area contributed by atoms with E-state index in [1.54, 1.807) is 6.26 Å². The minimum absolute atomic E-state index is 0.937. The molecule has 0 aliphatic carbocycles. The van der Waals surface area contributed by atoms with Gasteiger partial charge >= 0.3 is 0 Å². The number of pyridine rings is 1. The van der Waals surface area contributed by atoms with Crippen molar-refractivity contribution in [3.05, 3.63) is 67.2 Å². The standard InChI is InChI=1S/C17H11NO/c1-3-12-8-10-19-17(12)16(6-1)15-5-2-4-13-11-18-9-7-14(13)15/h1-11H. The molecule has 90 valence electrons. The van der Waals surface area contributed by atoms with Crippen molar-refractivity contribution >= 4 is 21.7 Å². The number of nitrogens with zero attached hydrogens (tertiary/aromatic N) is 1. The Labute approximate surface area is 110 Å². The Bertz CT molecular complexity index is 871. The first-order valence-electron chi connectivity index (χ1n) is 6.23. The summed E-state index contributed by atoms with van der Waals surface area (Å²) in [6.45, 7) is 0. The number of benzene rings is 2. The number of rotatable bonds is 1. The van der Waals surface area contributed by atoms with E-state index in [0.29, 0.717) is 0 Å². The summed E-state index contributed by atoms with van der Waals surface area (Å²) in [4.78, 5) is 4.18. The van der Waals surface area contributed by atoms with Gasteiger partial charge in [-0.25, -0.2) is 0 Å². The van der Waals surface area contributed by atoms with Crippen LogP contribution in [0.2, 0.25) is 0 Å². The average molecular weight is 245 g/mol. The molecule has 0 saturated carbocycles. The fourth-order valence-corrected chi connectivity index (χ4v) is 2.56. The summed E-state index contributed by atoms with van der Waals surface area (Å²) >= 11 is 0. The SMILES string of the molecule is c1cc(-c2cccc3ccoc23)c2ccncc2c1. The molecule has 0 saturated heterocycles. The Balaban J connectivity index is 2.12. The van der Waals surface area contributed by atoms with Gasteiger partial charge < -0.3 is 4.42 Å². The molecule has 0 aliphatic rings. The van der Waals surface area contributed by atoms with E-state index < -0.39 is 0 Å². The van der Waals surface area contributed by atoms with Gasteiger partial charge in [0.1, 0.15) is 5.58 Å².